The maximum Gasteiger partial charge on any atom is 0.291 e. The summed E-state index contributed by atoms with van der Waals surface area (Å²) in [4.78, 5) is 14.1. The molecule has 0 atom stereocenters. The zero-order valence-electron chi connectivity index (χ0n) is 14.9. The number of carbonyl (C=O) groups excluding carboxylic acids is 1. The summed E-state index contributed by atoms with van der Waals surface area (Å²) in [6.07, 6.45) is 1.92. The van der Waals surface area contributed by atoms with Crippen LogP contribution in [-0.4, -0.2) is 26.7 Å². The second-order valence-electron chi connectivity index (χ2n) is 6.45. The number of sulfonamides is 1. The molecule has 0 spiro atoms. The van der Waals surface area contributed by atoms with Crippen LogP contribution in [0.2, 0.25) is 0 Å². The Balaban J connectivity index is 1.99. The molecule has 0 saturated heterocycles. The van der Waals surface area contributed by atoms with Crippen molar-refractivity contribution in [1.82, 2.24) is 0 Å². The summed E-state index contributed by atoms with van der Waals surface area (Å²) in [5.74, 6) is 0.565. The molecule has 138 valence electrons. The van der Waals surface area contributed by atoms with E-state index in [1.807, 2.05) is 11.8 Å². The lowest BCUT2D eigenvalue weighted by Crippen LogP contribution is -2.38. The molecular formula is C18H21N3O4S. The summed E-state index contributed by atoms with van der Waals surface area (Å²) in [5, 5.41) is 2.65. The van der Waals surface area contributed by atoms with Gasteiger partial charge in [-0.05, 0) is 36.2 Å². The first-order chi connectivity index (χ1) is 12.3. The van der Waals surface area contributed by atoms with Gasteiger partial charge in [0.2, 0.25) is 0 Å². The van der Waals surface area contributed by atoms with Crippen LogP contribution in [0.1, 0.15) is 37.7 Å². The van der Waals surface area contributed by atoms with Crippen LogP contribution in [0.3, 0.4) is 0 Å². The highest BCUT2D eigenvalue weighted by Gasteiger charge is 2.30. The van der Waals surface area contributed by atoms with Gasteiger partial charge in [0, 0.05) is 18.7 Å². The number of nitrogens with one attached hydrogen (secondary N) is 1. The average Bonchev–Trinajstić information content (AvgIpc) is 3.12. The first kappa shape index (κ1) is 18.2. The van der Waals surface area contributed by atoms with E-state index in [0.29, 0.717) is 36.1 Å². The van der Waals surface area contributed by atoms with Crippen LogP contribution in [0, 0.1) is 5.92 Å². The molecule has 0 unspecified atom stereocenters. The molecule has 2 heterocycles. The fourth-order valence-electron chi connectivity index (χ4n) is 2.82. The van der Waals surface area contributed by atoms with Crippen molar-refractivity contribution in [3.63, 3.8) is 0 Å². The van der Waals surface area contributed by atoms with Crippen molar-refractivity contribution in [2.24, 2.45) is 10.3 Å². The van der Waals surface area contributed by atoms with Crippen molar-refractivity contribution in [3.8, 4) is 0 Å². The summed E-state index contributed by atoms with van der Waals surface area (Å²) in [5.41, 5.74) is 0.954. The van der Waals surface area contributed by atoms with E-state index in [1.54, 1.807) is 18.2 Å². The monoisotopic (exact) mass is 375 g/mol. The standard InChI is InChI=1S/C18H21N3O4S/c1-4-17-20-26(23,24)16-10-13(19-18(22)15-6-5-9-25-15)7-8-14(16)21(17)11-12(2)3/h5-10,12H,4,11H2,1-3H3,(H,19,22). The Morgan fingerprint density at radius 3 is 2.69 bits per heavy atom. The number of fused-ring (bicyclic) bond motifs is 1. The second kappa shape index (κ2) is 6.95. The predicted molar refractivity (Wildman–Crippen MR) is 100 cm³/mol. The second-order valence-corrected chi connectivity index (χ2v) is 8.03. The molecule has 1 aliphatic heterocycles. The van der Waals surface area contributed by atoms with Crippen LogP contribution in [-0.2, 0) is 10.0 Å². The number of rotatable bonds is 5. The van der Waals surface area contributed by atoms with Crippen LogP contribution in [0.5, 0.6) is 0 Å². The highest BCUT2D eigenvalue weighted by molar-refractivity contribution is 7.90. The molecule has 1 N–H and O–H groups in total. The average molecular weight is 375 g/mol. The van der Waals surface area contributed by atoms with Crippen molar-refractivity contribution in [3.05, 3.63) is 42.4 Å². The molecule has 8 heteroatoms. The van der Waals surface area contributed by atoms with Gasteiger partial charge < -0.3 is 14.6 Å². The quantitative estimate of drug-likeness (QED) is 0.863. The smallest absolute Gasteiger partial charge is 0.291 e. The van der Waals surface area contributed by atoms with Crippen LogP contribution < -0.4 is 10.2 Å². The maximum absolute atomic E-state index is 12.6. The van der Waals surface area contributed by atoms with Crippen LogP contribution in [0.25, 0.3) is 0 Å². The van der Waals surface area contributed by atoms with Gasteiger partial charge in [0.25, 0.3) is 15.9 Å². The summed E-state index contributed by atoms with van der Waals surface area (Å²) >= 11 is 0. The van der Waals surface area contributed by atoms with Crippen molar-refractivity contribution in [2.75, 3.05) is 16.8 Å². The topological polar surface area (TPSA) is 92.0 Å². The van der Waals surface area contributed by atoms with Gasteiger partial charge >= 0.3 is 0 Å². The Labute approximate surface area is 152 Å². The molecule has 1 amide bonds. The number of amidine groups is 1. The number of hydrogen-bond acceptors (Lipinski definition) is 5. The SMILES string of the molecule is CCC1=NS(=O)(=O)c2cc(NC(=O)c3ccco3)ccc2N1CC(C)C. The summed E-state index contributed by atoms with van der Waals surface area (Å²) in [7, 11) is -3.81. The molecule has 2 aromatic rings. The first-order valence-electron chi connectivity index (χ1n) is 8.42. The number of nitrogens with zero attached hydrogens (tertiary/aromatic N) is 2. The van der Waals surface area contributed by atoms with Crippen LogP contribution in [0.4, 0.5) is 11.4 Å². The highest BCUT2D eigenvalue weighted by Crippen LogP contribution is 2.35. The van der Waals surface area contributed by atoms with Crippen LogP contribution >= 0.6 is 0 Å². The Kier molecular flexibility index (Phi) is 4.86. The fraction of sp³-hybridized carbons (Fsp3) is 0.333. The van der Waals surface area contributed by atoms with E-state index < -0.39 is 15.9 Å². The van der Waals surface area contributed by atoms with Gasteiger partial charge in [0.05, 0.1) is 12.0 Å². The van der Waals surface area contributed by atoms with Gasteiger partial charge in [-0.15, -0.1) is 4.40 Å². The van der Waals surface area contributed by atoms with E-state index in [4.69, 9.17) is 4.42 Å². The molecule has 0 aliphatic carbocycles. The normalized spacial score (nSPS) is 15.5. The van der Waals surface area contributed by atoms with Crippen LogP contribution in [0.15, 0.2) is 50.3 Å². The molecule has 1 aromatic carbocycles. The molecule has 3 rings (SSSR count). The van der Waals surface area contributed by atoms with Crippen molar-refractivity contribution in [2.45, 2.75) is 32.1 Å². The zero-order valence-corrected chi connectivity index (χ0v) is 15.7. The van der Waals surface area contributed by atoms with Crippen molar-refractivity contribution < 1.29 is 17.6 Å². The Bertz CT molecular complexity index is 947. The zero-order chi connectivity index (χ0) is 18.9. The molecule has 1 aromatic heterocycles. The lowest BCUT2D eigenvalue weighted by atomic mass is 10.1. The largest absolute Gasteiger partial charge is 0.459 e. The molecule has 7 nitrogen and oxygen atoms in total. The highest BCUT2D eigenvalue weighted by atomic mass is 32.2. The van der Waals surface area contributed by atoms with Gasteiger partial charge in [0.1, 0.15) is 10.7 Å². The minimum atomic E-state index is -3.81. The lowest BCUT2D eigenvalue weighted by Gasteiger charge is -2.32. The Hall–Kier alpha value is -2.61. The number of benzene rings is 1. The number of furan rings is 1. The summed E-state index contributed by atoms with van der Waals surface area (Å²) in [6, 6.07) is 7.97. The summed E-state index contributed by atoms with van der Waals surface area (Å²) in [6.45, 7) is 6.67. The number of hydrogen-bond donors (Lipinski definition) is 1. The van der Waals surface area contributed by atoms with E-state index in [9.17, 15) is 13.2 Å². The molecular weight excluding hydrogens is 354 g/mol. The molecule has 0 fully saturated rings. The minimum Gasteiger partial charge on any atom is -0.459 e. The fourth-order valence-corrected chi connectivity index (χ4v) is 4.14. The van der Waals surface area contributed by atoms with Gasteiger partial charge in [-0.25, -0.2) is 0 Å². The minimum absolute atomic E-state index is 0.0904. The number of amides is 1. The maximum atomic E-state index is 12.6. The van der Waals surface area contributed by atoms with E-state index >= 15 is 0 Å². The van der Waals surface area contributed by atoms with Crippen molar-refractivity contribution >= 4 is 33.1 Å². The third kappa shape index (κ3) is 3.50. The van der Waals surface area contributed by atoms with E-state index in [1.165, 1.54) is 18.4 Å². The van der Waals surface area contributed by atoms with Gasteiger partial charge in [-0.3, -0.25) is 4.79 Å². The van der Waals surface area contributed by atoms with Gasteiger partial charge in [-0.2, -0.15) is 8.42 Å². The third-order valence-corrected chi connectivity index (χ3v) is 5.27. The van der Waals surface area contributed by atoms with E-state index in [-0.39, 0.29) is 10.7 Å². The predicted octanol–water partition coefficient (Wildman–Crippen LogP) is 3.51. The van der Waals surface area contributed by atoms with Gasteiger partial charge in [-0.1, -0.05) is 20.8 Å². The molecule has 0 bridgehead atoms. The molecule has 0 radical (unpaired) electrons. The summed E-state index contributed by atoms with van der Waals surface area (Å²) < 4.78 is 34.2. The molecule has 1 aliphatic rings. The Morgan fingerprint density at radius 2 is 2.08 bits per heavy atom. The van der Waals surface area contributed by atoms with E-state index in [2.05, 4.69) is 23.6 Å². The third-order valence-electron chi connectivity index (χ3n) is 3.93. The number of anilines is 2. The molecule has 26 heavy (non-hydrogen) atoms. The number of carbonyl (C=O) groups is 1. The first-order valence-corrected chi connectivity index (χ1v) is 9.86. The Morgan fingerprint density at radius 1 is 1.31 bits per heavy atom. The van der Waals surface area contributed by atoms with Gasteiger partial charge in [0.15, 0.2) is 5.76 Å². The van der Waals surface area contributed by atoms with E-state index in [0.717, 1.165) is 0 Å². The lowest BCUT2D eigenvalue weighted by molar-refractivity contribution is 0.0996. The van der Waals surface area contributed by atoms with Crippen molar-refractivity contribution in [1.29, 1.82) is 0 Å². The molecule has 0 saturated carbocycles.